The second-order valence-electron chi connectivity index (χ2n) is 2.60. The molecule has 2 aliphatic rings. The zero-order valence-corrected chi connectivity index (χ0v) is 7.08. The summed E-state index contributed by atoms with van der Waals surface area (Å²) in [5, 5.41) is 10.7. The fourth-order valence-corrected chi connectivity index (χ4v) is 2.12. The van der Waals surface area contributed by atoms with E-state index in [0.717, 1.165) is 21.2 Å². The first-order valence-corrected chi connectivity index (χ1v) is 4.36. The molecule has 0 aromatic carbocycles. The predicted molar refractivity (Wildman–Crippen MR) is 47.6 cm³/mol. The molecule has 12 heavy (non-hydrogen) atoms. The SMILES string of the molecule is NC1=C2C=CN(O)C=C2C(N)S1. The quantitative estimate of drug-likeness (QED) is 0.503. The Morgan fingerprint density at radius 3 is 3.08 bits per heavy atom. The zero-order chi connectivity index (χ0) is 8.72. The highest BCUT2D eigenvalue weighted by molar-refractivity contribution is 8.04. The molecule has 0 aromatic heterocycles. The predicted octanol–water partition coefficient (Wildman–Crippen LogP) is 0.291. The molecule has 0 spiro atoms. The summed E-state index contributed by atoms with van der Waals surface area (Å²) in [5.41, 5.74) is 13.2. The monoisotopic (exact) mass is 183 g/mol. The van der Waals surface area contributed by atoms with E-state index in [2.05, 4.69) is 0 Å². The molecule has 5 heteroatoms. The van der Waals surface area contributed by atoms with E-state index >= 15 is 0 Å². The van der Waals surface area contributed by atoms with E-state index in [4.69, 9.17) is 16.7 Å². The largest absolute Gasteiger partial charge is 0.393 e. The lowest BCUT2D eigenvalue weighted by atomic mass is 10.1. The third-order valence-corrected chi connectivity index (χ3v) is 2.78. The van der Waals surface area contributed by atoms with Crippen molar-refractivity contribution in [3.8, 4) is 0 Å². The van der Waals surface area contributed by atoms with E-state index in [0.29, 0.717) is 0 Å². The maximum atomic E-state index is 9.10. The highest BCUT2D eigenvalue weighted by Gasteiger charge is 2.26. The molecule has 64 valence electrons. The number of hydrogen-bond acceptors (Lipinski definition) is 5. The maximum absolute atomic E-state index is 9.10. The van der Waals surface area contributed by atoms with Crippen LogP contribution < -0.4 is 11.5 Å². The second kappa shape index (κ2) is 2.55. The van der Waals surface area contributed by atoms with Crippen molar-refractivity contribution in [2.45, 2.75) is 5.37 Å². The Balaban J connectivity index is 2.42. The van der Waals surface area contributed by atoms with E-state index in [9.17, 15) is 0 Å². The average Bonchev–Trinajstić information content (AvgIpc) is 2.28. The van der Waals surface area contributed by atoms with E-state index in [1.807, 2.05) is 0 Å². The number of rotatable bonds is 0. The van der Waals surface area contributed by atoms with Gasteiger partial charge >= 0.3 is 0 Å². The highest BCUT2D eigenvalue weighted by atomic mass is 32.2. The second-order valence-corrected chi connectivity index (χ2v) is 3.78. The first-order chi connectivity index (χ1) is 5.68. The minimum absolute atomic E-state index is 0.153. The number of hydroxylamine groups is 2. The van der Waals surface area contributed by atoms with Gasteiger partial charge in [0.15, 0.2) is 0 Å². The first kappa shape index (κ1) is 7.72. The summed E-state index contributed by atoms with van der Waals surface area (Å²) in [5.74, 6) is 0. The van der Waals surface area contributed by atoms with Crippen LogP contribution in [0.25, 0.3) is 0 Å². The van der Waals surface area contributed by atoms with Crippen molar-refractivity contribution in [3.63, 3.8) is 0 Å². The van der Waals surface area contributed by atoms with Gasteiger partial charge in [-0.2, -0.15) is 0 Å². The fraction of sp³-hybridized carbons (Fsp3) is 0.143. The number of nitrogens with zero attached hydrogens (tertiary/aromatic N) is 1. The van der Waals surface area contributed by atoms with Crippen molar-refractivity contribution in [1.29, 1.82) is 0 Å². The van der Waals surface area contributed by atoms with E-state index < -0.39 is 0 Å². The molecule has 1 atom stereocenters. The van der Waals surface area contributed by atoms with Crippen LogP contribution in [0.15, 0.2) is 34.7 Å². The lowest BCUT2D eigenvalue weighted by Crippen LogP contribution is -2.19. The Bertz CT molecular complexity index is 308. The summed E-state index contributed by atoms with van der Waals surface area (Å²) in [6, 6.07) is 0. The van der Waals surface area contributed by atoms with Gasteiger partial charge in [-0.15, -0.1) is 0 Å². The molecule has 0 radical (unpaired) electrons. The van der Waals surface area contributed by atoms with Gasteiger partial charge in [-0.3, -0.25) is 5.21 Å². The molecule has 0 amide bonds. The van der Waals surface area contributed by atoms with E-state index in [-0.39, 0.29) is 5.37 Å². The van der Waals surface area contributed by atoms with Crippen LogP contribution in [0.2, 0.25) is 0 Å². The number of thioether (sulfide) groups is 1. The van der Waals surface area contributed by atoms with Gasteiger partial charge in [-0.1, -0.05) is 11.8 Å². The summed E-state index contributed by atoms with van der Waals surface area (Å²) >= 11 is 1.41. The average molecular weight is 183 g/mol. The van der Waals surface area contributed by atoms with Crippen LogP contribution in [0.5, 0.6) is 0 Å². The Hall–Kier alpha value is -0.910. The Kier molecular flexibility index (Phi) is 1.64. The molecule has 2 aliphatic heterocycles. The third-order valence-electron chi connectivity index (χ3n) is 1.80. The lowest BCUT2D eigenvalue weighted by molar-refractivity contribution is 0.00945. The molecule has 5 N–H and O–H groups in total. The Morgan fingerprint density at radius 2 is 2.33 bits per heavy atom. The molecule has 1 unspecified atom stereocenters. The molecule has 4 nitrogen and oxygen atoms in total. The van der Waals surface area contributed by atoms with Gasteiger partial charge < -0.3 is 11.5 Å². The number of allylic oxidation sites excluding steroid dienone is 1. The topological polar surface area (TPSA) is 75.5 Å². The standard InChI is InChI=1S/C7H9N3OS/c8-6-4-1-2-10(11)3-5(4)7(9)12-6/h1-3,7,11H,8-9H2. The molecule has 2 heterocycles. The smallest absolute Gasteiger partial charge is 0.0847 e. The van der Waals surface area contributed by atoms with Crippen LogP contribution in [0, 0.1) is 0 Å². The molecule has 0 saturated carbocycles. The van der Waals surface area contributed by atoms with Crippen LogP contribution >= 0.6 is 11.8 Å². The normalized spacial score (nSPS) is 27.7. The zero-order valence-electron chi connectivity index (χ0n) is 6.27. The molecule has 2 rings (SSSR count). The molecular formula is C7H9N3OS. The van der Waals surface area contributed by atoms with Crippen molar-refractivity contribution in [1.82, 2.24) is 5.06 Å². The fourth-order valence-electron chi connectivity index (χ4n) is 1.22. The molecular weight excluding hydrogens is 174 g/mol. The Morgan fingerprint density at radius 1 is 1.58 bits per heavy atom. The summed E-state index contributed by atoms with van der Waals surface area (Å²) in [6.45, 7) is 0. The van der Waals surface area contributed by atoms with Crippen LogP contribution in [-0.2, 0) is 0 Å². The lowest BCUT2D eigenvalue weighted by Gasteiger charge is -2.15. The van der Waals surface area contributed by atoms with Crippen molar-refractivity contribution in [3.05, 3.63) is 34.7 Å². The number of fused-ring (bicyclic) bond motifs is 1. The van der Waals surface area contributed by atoms with Gasteiger partial charge in [-0.05, 0) is 6.08 Å². The van der Waals surface area contributed by atoms with Crippen LogP contribution in [0.3, 0.4) is 0 Å². The summed E-state index contributed by atoms with van der Waals surface area (Å²) < 4.78 is 0. The summed E-state index contributed by atoms with van der Waals surface area (Å²) in [7, 11) is 0. The summed E-state index contributed by atoms with van der Waals surface area (Å²) in [4.78, 5) is 0. The first-order valence-electron chi connectivity index (χ1n) is 3.48. The number of hydrogen-bond donors (Lipinski definition) is 3. The van der Waals surface area contributed by atoms with Gasteiger partial charge in [0.05, 0.1) is 10.4 Å². The minimum atomic E-state index is -0.153. The van der Waals surface area contributed by atoms with Gasteiger partial charge in [-0.25, -0.2) is 5.06 Å². The third kappa shape index (κ3) is 1.03. The van der Waals surface area contributed by atoms with Gasteiger partial charge in [0.1, 0.15) is 0 Å². The highest BCUT2D eigenvalue weighted by Crippen LogP contribution is 2.38. The molecule has 0 bridgehead atoms. The van der Waals surface area contributed by atoms with Crippen LogP contribution in [0.1, 0.15) is 0 Å². The van der Waals surface area contributed by atoms with Crippen LogP contribution in [-0.4, -0.2) is 15.6 Å². The van der Waals surface area contributed by atoms with E-state index in [1.54, 1.807) is 12.3 Å². The van der Waals surface area contributed by atoms with Crippen molar-refractivity contribution >= 4 is 11.8 Å². The van der Waals surface area contributed by atoms with Gasteiger partial charge in [0.2, 0.25) is 0 Å². The van der Waals surface area contributed by atoms with Crippen LogP contribution in [0.4, 0.5) is 0 Å². The van der Waals surface area contributed by atoms with Crippen molar-refractivity contribution in [2.24, 2.45) is 11.5 Å². The Labute approximate surface area is 74.2 Å². The molecule has 0 aromatic rings. The van der Waals surface area contributed by atoms with Crippen molar-refractivity contribution in [2.75, 3.05) is 0 Å². The minimum Gasteiger partial charge on any atom is -0.393 e. The number of nitrogens with two attached hydrogens (primary N) is 2. The molecule has 0 aliphatic carbocycles. The summed E-state index contributed by atoms with van der Waals surface area (Å²) in [6.07, 6.45) is 4.86. The molecule has 0 saturated heterocycles. The molecule has 0 fully saturated rings. The maximum Gasteiger partial charge on any atom is 0.0847 e. The van der Waals surface area contributed by atoms with E-state index in [1.165, 1.54) is 18.0 Å². The van der Waals surface area contributed by atoms with Gasteiger partial charge in [0, 0.05) is 23.5 Å². The van der Waals surface area contributed by atoms with Crippen molar-refractivity contribution < 1.29 is 5.21 Å². The van der Waals surface area contributed by atoms with Gasteiger partial charge in [0.25, 0.3) is 0 Å².